The van der Waals surface area contributed by atoms with E-state index in [1.165, 1.54) is 12.3 Å². The highest BCUT2D eigenvalue weighted by Gasteiger charge is 2.18. The van der Waals surface area contributed by atoms with Crippen LogP contribution in [-0.4, -0.2) is 35.3 Å². The van der Waals surface area contributed by atoms with Gasteiger partial charge in [0.1, 0.15) is 11.4 Å². The Morgan fingerprint density at radius 3 is 2.82 bits per heavy atom. The van der Waals surface area contributed by atoms with Crippen LogP contribution in [0.1, 0.15) is 24.2 Å². The summed E-state index contributed by atoms with van der Waals surface area (Å²) in [6.07, 6.45) is 1.41. The Kier molecular flexibility index (Phi) is 3.90. The molecular weight excluding hydrogens is 222 g/mol. The van der Waals surface area contributed by atoms with Gasteiger partial charge in [-0.25, -0.2) is 9.78 Å². The van der Waals surface area contributed by atoms with Crippen LogP contribution in [0, 0.1) is 0 Å². The van der Waals surface area contributed by atoms with Crippen molar-refractivity contribution in [2.45, 2.75) is 19.4 Å². The number of hydrogen-bond donors (Lipinski definition) is 3. The second-order valence-corrected chi connectivity index (χ2v) is 4.29. The fraction of sp³-hybridized carbons (Fsp3) is 0.455. The summed E-state index contributed by atoms with van der Waals surface area (Å²) in [5, 5.41) is 12.0. The van der Waals surface area contributed by atoms with Crippen LogP contribution in [-0.2, 0) is 4.74 Å². The van der Waals surface area contributed by atoms with Gasteiger partial charge < -0.3 is 20.9 Å². The zero-order chi connectivity index (χ0) is 13.1. The Hall–Kier alpha value is -1.82. The SMILES string of the molecule is COC(C)(C)CNc1ncc(N)cc1C(=O)O. The van der Waals surface area contributed by atoms with Crippen molar-refractivity contribution in [3.63, 3.8) is 0 Å². The number of nitrogens with one attached hydrogen (secondary N) is 1. The molecule has 0 amide bonds. The molecule has 1 aromatic rings. The molecule has 0 atom stereocenters. The van der Waals surface area contributed by atoms with Crippen LogP contribution < -0.4 is 11.1 Å². The number of rotatable bonds is 5. The van der Waals surface area contributed by atoms with Gasteiger partial charge >= 0.3 is 5.97 Å². The number of carboxylic acids is 1. The fourth-order valence-electron chi connectivity index (χ4n) is 1.15. The molecule has 1 rings (SSSR count). The van der Waals surface area contributed by atoms with Crippen molar-refractivity contribution in [3.8, 4) is 0 Å². The molecule has 0 aliphatic rings. The van der Waals surface area contributed by atoms with Crippen LogP contribution >= 0.6 is 0 Å². The third kappa shape index (κ3) is 3.60. The van der Waals surface area contributed by atoms with E-state index in [4.69, 9.17) is 15.6 Å². The van der Waals surface area contributed by atoms with Gasteiger partial charge in [-0.05, 0) is 19.9 Å². The van der Waals surface area contributed by atoms with Gasteiger partial charge in [0.2, 0.25) is 0 Å². The molecule has 0 fully saturated rings. The first kappa shape index (κ1) is 13.2. The lowest BCUT2D eigenvalue weighted by Crippen LogP contribution is -2.32. The number of nitrogen functional groups attached to an aromatic ring is 1. The van der Waals surface area contributed by atoms with Crippen molar-refractivity contribution in [2.24, 2.45) is 0 Å². The third-order valence-corrected chi connectivity index (χ3v) is 2.37. The maximum atomic E-state index is 11.0. The van der Waals surface area contributed by atoms with Gasteiger partial charge in [-0.1, -0.05) is 0 Å². The van der Waals surface area contributed by atoms with Crippen molar-refractivity contribution in [1.82, 2.24) is 4.98 Å². The van der Waals surface area contributed by atoms with Gasteiger partial charge in [0, 0.05) is 13.7 Å². The number of nitrogens with zero attached hydrogens (tertiary/aromatic N) is 1. The number of aromatic carboxylic acids is 1. The van der Waals surface area contributed by atoms with E-state index in [0.29, 0.717) is 12.2 Å². The number of carboxylic acid groups (broad SMARTS) is 1. The summed E-state index contributed by atoms with van der Waals surface area (Å²) in [4.78, 5) is 15.0. The zero-order valence-electron chi connectivity index (χ0n) is 10.2. The van der Waals surface area contributed by atoms with Crippen LogP contribution in [0.2, 0.25) is 0 Å². The molecule has 6 heteroatoms. The Bertz CT molecular complexity index is 418. The molecule has 0 saturated heterocycles. The summed E-state index contributed by atoms with van der Waals surface area (Å²) in [5.41, 5.74) is 5.46. The number of methoxy groups -OCH3 is 1. The summed E-state index contributed by atoms with van der Waals surface area (Å²) in [6, 6.07) is 1.37. The minimum absolute atomic E-state index is 0.0527. The number of anilines is 2. The number of ether oxygens (including phenoxy) is 1. The third-order valence-electron chi connectivity index (χ3n) is 2.37. The monoisotopic (exact) mass is 239 g/mol. The van der Waals surface area contributed by atoms with E-state index in [0.717, 1.165) is 0 Å². The molecular formula is C11H17N3O3. The van der Waals surface area contributed by atoms with Crippen molar-refractivity contribution < 1.29 is 14.6 Å². The lowest BCUT2D eigenvalue weighted by atomic mass is 10.1. The van der Waals surface area contributed by atoms with Crippen molar-refractivity contribution in [3.05, 3.63) is 17.8 Å². The maximum absolute atomic E-state index is 11.0. The molecule has 4 N–H and O–H groups in total. The topological polar surface area (TPSA) is 97.5 Å². The van der Waals surface area contributed by atoms with E-state index in [1.807, 2.05) is 13.8 Å². The molecule has 1 heterocycles. The standard InChI is InChI=1S/C11H17N3O3/c1-11(2,17-3)6-14-9-8(10(15)16)4-7(12)5-13-9/h4-5H,6,12H2,1-3H3,(H,13,14)(H,15,16). The molecule has 0 radical (unpaired) electrons. The van der Waals surface area contributed by atoms with E-state index in [2.05, 4.69) is 10.3 Å². The smallest absolute Gasteiger partial charge is 0.339 e. The maximum Gasteiger partial charge on any atom is 0.339 e. The van der Waals surface area contributed by atoms with Crippen molar-refractivity contribution in [1.29, 1.82) is 0 Å². The lowest BCUT2D eigenvalue weighted by molar-refractivity contribution is 0.0342. The molecule has 0 spiro atoms. The molecule has 0 saturated carbocycles. The first-order valence-corrected chi connectivity index (χ1v) is 5.13. The normalized spacial score (nSPS) is 11.2. The Balaban J connectivity index is 2.88. The number of hydrogen-bond acceptors (Lipinski definition) is 5. The molecule has 0 unspecified atom stereocenters. The van der Waals surface area contributed by atoms with Gasteiger partial charge in [0.15, 0.2) is 0 Å². The lowest BCUT2D eigenvalue weighted by Gasteiger charge is -2.23. The predicted molar refractivity (Wildman–Crippen MR) is 65.2 cm³/mol. The average Bonchev–Trinajstić information content (AvgIpc) is 2.27. The van der Waals surface area contributed by atoms with Gasteiger partial charge in [-0.2, -0.15) is 0 Å². The minimum Gasteiger partial charge on any atom is -0.478 e. The minimum atomic E-state index is -1.07. The summed E-state index contributed by atoms with van der Waals surface area (Å²) >= 11 is 0. The van der Waals surface area contributed by atoms with Crippen LogP contribution in [0.4, 0.5) is 11.5 Å². The molecule has 0 aromatic carbocycles. The Morgan fingerprint density at radius 1 is 1.65 bits per heavy atom. The van der Waals surface area contributed by atoms with Crippen LogP contribution in [0.15, 0.2) is 12.3 Å². The summed E-state index contributed by atoms with van der Waals surface area (Å²) in [7, 11) is 1.59. The highest BCUT2D eigenvalue weighted by molar-refractivity contribution is 5.94. The molecule has 0 aliphatic heterocycles. The molecule has 1 aromatic heterocycles. The van der Waals surface area contributed by atoms with E-state index in [1.54, 1.807) is 7.11 Å². The second kappa shape index (κ2) is 5.01. The van der Waals surface area contributed by atoms with Crippen LogP contribution in [0.25, 0.3) is 0 Å². The molecule has 0 bridgehead atoms. The quantitative estimate of drug-likeness (QED) is 0.714. The van der Waals surface area contributed by atoms with Gasteiger partial charge in [0.05, 0.1) is 17.5 Å². The molecule has 0 aliphatic carbocycles. The number of carbonyl (C=O) groups is 1. The number of aromatic nitrogens is 1. The van der Waals surface area contributed by atoms with Gasteiger partial charge in [-0.3, -0.25) is 0 Å². The van der Waals surface area contributed by atoms with E-state index in [-0.39, 0.29) is 11.4 Å². The largest absolute Gasteiger partial charge is 0.478 e. The van der Waals surface area contributed by atoms with Gasteiger partial charge in [-0.15, -0.1) is 0 Å². The first-order chi connectivity index (χ1) is 7.85. The van der Waals surface area contributed by atoms with E-state index in [9.17, 15) is 4.79 Å². The van der Waals surface area contributed by atoms with E-state index < -0.39 is 11.6 Å². The zero-order valence-corrected chi connectivity index (χ0v) is 10.2. The molecule has 94 valence electrons. The Morgan fingerprint density at radius 2 is 2.29 bits per heavy atom. The highest BCUT2D eigenvalue weighted by atomic mass is 16.5. The van der Waals surface area contributed by atoms with Crippen molar-refractivity contribution in [2.75, 3.05) is 24.7 Å². The predicted octanol–water partition coefficient (Wildman–Crippen LogP) is 1.20. The van der Waals surface area contributed by atoms with Crippen LogP contribution in [0.5, 0.6) is 0 Å². The first-order valence-electron chi connectivity index (χ1n) is 5.13. The number of pyridine rings is 1. The van der Waals surface area contributed by atoms with Crippen molar-refractivity contribution >= 4 is 17.5 Å². The number of nitrogens with two attached hydrogens (primary N) is 1. The molecule has 6 nitrogen and oxygen atoms in total. The fourth-order valence-corrected chi connectivity index (χ4v) is 1.15. The Labute approximate surface area is 99.8 Å². The molecule has 17 heavy (non-hydrogen) atoms. The summed E-state index contributed by atoms with van der Waals surface area (Å²) in [6.45, 7) is 4.22. The van der Waals surface area contributed by atoms with E-state index >= 15 is 0 Å². The highest BCUT2D eigenvalue weighted by Crippen LogP contribution is 2.17. The average molecular weight is 239 g/mol. The summed E-state index contributed by atoms with van der Waals surface area (Å²) in [5.74, 6) is -0.778. The summed E-state index contributed by atoms with van der Waals surface area (Å²) < 4.78 is 5.22. The second-order valence-electron chi connectivity index (χ2n) is 4.29. The van der Waals surface area contributed by atoms with Gasteiger partial charge in [0.25, 0.3) is 0 Å². The van der Waals surface area contributed by atoms with Crippen LogP contribution in [0.3, 0.4) is 0 Å².